The van der Waals surface area contributed by atoms with Gasteiger partial charge >= 0.3 is 6.09 Å². The van der Waals surface area contributed by atoms with E-state index in [1.165, 1.54) is 17.2 Å². The van der Waals surface area contributed by atoms with Gasteiger partial charge in [-0.15, -0.1) is 12.4 Å². The molecule has 180 valence electrons. The fraction of sp³-hybridized carbons (Fsp3) is 0.333. The molecule has 11 heteroatoms. The normalized spacial score (nSPS) is 26.5. The number of aromatic nitrogens is 2. The first-order chi connectivity index (χ1) is 16.6. The van der Waals surface area contributed by atoms with Gasteiger partial charge in [-0.1, -0.05) is 11.2 Å². The largest absolute Gasteiger partial charge is 0.442 e. The zero-order chi connectivity index (χ0) is 23.3. The third-order valence-electron chi connectivity index (χ3n) is 6.99. The van der Waals surface area contributed by atoms with E-state index < -0.39 is 23.6 Å². The Kier molecular flexibility index (Phi) is 5.83. The minimum atomic E-state index is -0.540. The van der Waals surface area contributed by atoms with Crippen molar-refractivity contribution in [3.8, 4) is 11.1 Å². The minimum absolute atomic E-state index is 0. The maximum Gasteiger partial charge on any atom is 0.414 e. The van der Waals surface area contributed by atoms with E-state index in [-0.39, 0.29) is 19.0 Å². The third kappa shape index (κ3) is 3.77. The summed E-state index contributed by atoms with van der Waals surface area (Å²) in [5, 5.41) is 10.1. The first-order valence-corrected chi connectivity index (χ1v) is 11.1. The zero-order valence-corrected chi connectivity index (χ0v) is 19.3. The Hall–Kier alpha value is -3.68. The highest BCUT2D eigenvalue weighted by molar-refractivity contribution is 5.90. The average Bonchev–Trinajstić information content (AvgIpc) is 3.38. The predicted molar refractivity (Wildman–Crippen MR) is 128 cm³/mol. The topological polar surface area (TPSA) is 96.9 Å². The van der Waals surface area contributed by atoms with Crippen molar-refractivity contribution in [3.63, 3.8) is 0 Å². The van der Waals surface area contributed by atoms with Crippen LogP contribution in [0.5, 0.6) is 0 Å². The molecule has 3 aliphatic rings. The van der Waals surface area contributed by atoms with Gasteiger partial charge in [0.2, 0.25) is 0 Å². The summed E-state index contributed by atoms with van der Waals surface area (Å²) in [7, 11) is 0. The van der Waals surface area contributed by atoms with Crippen molar-refractivity contribution >= 4 is 30.0 Å². The van der Waals surface area contributed by atoms with E-state index in [0.717, 1.165) is 18.8 Å². The summed E-state index contributed by atoms with van der Waals surface area (Å²) in [5.74, 6) is 0.689. The lowest BCUT2D eigenvalue weighted by atomic mass is 10.0. The molecule has 1 aromatic carbocycles. The quantitative estimate of drug-likeness (QED) is 0.502. The number of nitrogens with zero attached hydrogens (tertiary/aromatic N) is 4. The number of fused-ring (bicyclic) bond motifs is 1. The Morgan fingerprint density at radius 2 is 2.09 bits per heavy atom. The molecule has 2 N–H and O–H groups in total. The highest BCUT2D eigenvalue weighted by Crippen LogP contribution is 2.62. The second kappa shape index (κ2) is 8.83. The molecule has 2 aliphatic heterocycles. The van der Waals surface area contributed by atoms with E-state index in [0.29, 0.717) is 41.0 Å². The summed E-state index contributed by atoms with van der Waals surface area (Å²) in [6.45, 7) is 10.0. The van der Waals surface area contributed by atoms with Crippen LogP contribution in [0.4, 0.5) is 20.7 Å². The molecule has 4 heterocycles. The number of benzene rings is 1. The van der Waals surface area contributed by atoms with Gasteiger partial charge in [0.1, 0.15) is 23.9 Å². The van der Waals surface area contributed by atoms with Crippen LogP contribution in [0.25, 0.3) is 16.0 Å². The number of piperidine rings is 1. The smallest absolute Gasteiger partial charge is 0.414 e. The number of nitrogens with one attached hydrogen (secondary N) is 2. The fourth-order valence-electron chi connectivity index (χ4n) is 5.17. The molecular weight excluding hydrogens is 475 g/mol. The van der Waals surface area contributed by atoms with Crippen LogP contribution in [0.3, 0.4) is 0 Å². The summed E-state index contributed by atoms with van der Waals surface area (Å²) < 4.78 is 25.2. The van der Waals surface area contributed by atoms with Gasteiger partial charge < -0.3 is 24.7 Å². The van der Waals surface area contributed by atoms with Crippen molar-refractivity contribution in [1.82, 2.24) is 15.5 Å². The summed E-state index contributed by atoms with van der Waals surface area (Å²) in [5.41, 5.74) is 1.64. The van der Waals surface area contributed by atoms with E-state index in [1.807, 2.05) is 12.1 Å². The van der Waals surface area contributed by atoms with Gasteiger partial charge in [0.05, 0.1) is 30.6 Å². The molecule has 1 aliphatic carbocycles. The number of ether oxygens (including phenoxy) is 1. The number of cyclic esters (lactones) is 1. The van der Waals surface area contributed by atoms with Gasteiger partial charge in [-0.3, -0.25) is 9.88 Å². The molecule has 3 aromatic rings. The highest BCUT2D eigenvalue weighted by atomic mass is 35.5. The van der Waals surface area contributed by atoms with Gasteiger partial charge in [-0.2, -0.15) is 0 Å². The molecule has 6 rings (SSSR count). The number of anilines is 2. The summed E-state index contributed by atoms with van der Waals surface area (Å²) in [6, 6.07) is 9.97. The first kappa shape index (κ1) is 23.1. The highest BCUT2D eigenvalue weighted by Gasteiger charge is 2.76. The van der Waals surface area contributed by atoms with E-state index in [4.69, 9.17) is 15.8 Å². The zero-order valence-electron chi connectivity index (χ0n) is 18.5. The average molecular weight is 497 g/mol. The Morgan fingerprint density at radius 1 is 1.26 bits per heavy atom. The molecule has 1 amide bonds. The summed E-state index contributed by atoms with van der Waals surface area (Å²) in [6.07, 6.45) is 2.13. The van der Waals surface area contributed by atoms with Crippen LogP contribution in [0.15, 0.2) is 53.4 Å². The molecule has 35 heavy (non-hydrogen) atoms. The number of pyridine rings is 1. The van der Waals surface area contributed by atoms with E-state index in [9.17, 15) is 4.79 Å². The first-order valence-electron chi connectivity index (χ1n) is 11.1. The van der Waals surface area contributed by atoms with Crippen LogP contribution in [0, 0.1) is 24.2 Å². The van der Waals surface area contributed by atoms with Gasteiger partial charge in [-0.25, -0.2) is 15.8 Å². The number of hydrogen-bond acceptors (Lipinski definition) is 7. The SMILES string of the molecule is Cl.[C-]#[N+]C1(c2ccc(-c3ccc(N4C[C@H](CNc5ccon5)OC4=O)cc3F)cn2)[C@@H]2CNC[C@@H]21. The molecule has 2 saturated heterocycles. The second-order valence-electron chi connectivity index (χ2n) is 8.79. The van der Waals surface area contributed by atoms with Gasteiger partial charge in [0.15, 0.2) is 5.82 Å². The van der Waals surface area contributed by atoms with Gasteiger partial charge in [-0.05, 0) is 24.3 Å². The third-order valence-corrected chi connectivity index (χ3v) is 6.99. The molecule has 0 radical (unpaired) electrons. The van der Waals surface area contributed by atoms with Crippen molar-refractivity contribution in [2.45, 2.75) is 11.6 Å². The van der Waals surface area contributed by atoms with Crippen LogP contribution in [-0.4, -0.2) is 48.5 Å². The van der Waals surface area contributed by atoms with Crippen LogP contribution >= 0.6 is 12.4 Å². The fourth-order valence-corrected chi connectivity index (χ4v) is 5.17. The molecule has 4 atom stereocenters. The number of carbonyl (C=O) groups excluding carboxylic acids is 1. The molecular formula is C24H22ClFN6O3. The van der Waals surface area contributed by atoms with E-state index in [1.54, 1.807) is 24.4 Å². The van der Waals surface area contributed by atoms with Crippen LogP contribution in [0.1, 0.15) is 5.69 Å². The Balaban J connectivity index is 0.00000253. The second-order valence-corrected chi connectivity index (χ2v) is 8.79. The van der Waals surface area contributed by atoms with Crippen LogP contribution in [0.2, 0.25) is 0 Å². The molecule has 3 fully saturated rings. The van der Waals surface area contributed by atoms with Gasteiger partial charge in [0.25, 0.3) is 5.54 Å². The number of carbonyl (C=O) groups is 1. The molecule has 1 unspecified atom stereocenters. The van der Waals surface area contributed by atoms with Gasteiger partial charge in [0, 0.05) is 36.5 Å². The maximum absolute atomic E-state index is 15.1. The number of halogens is 2. The number of amides is 1. The lowest BCUT2D eigenvalue weighted by Crippen LogP contribution is -2.27. The maximum atomic E-state index is 15.1. The number of rotatable bonds is 6. The molecule has 2 aromatic heterocycles. The number of hydrogen-bond donors (Lipinski definition) is 2. The van der Waals surface area contributed by atoms with Crippen LogP contribution in [-0.2, 0) is 10.3 Å². The molecule has 0 spiro atoms. The van der Waals surface area contributed by atoms with E-state index >= 15 is 4.39 Å². The van der Waals surface area contributed by atoms with Crippen molar-refractivity contribution in [2.75, 3.05) is 36.4 Å². The van der Waals surface area contributed by atoms with E-state index in [2.05, 4.69) is 25.6 Å². The monoisotopic (exact) mass is 496 g/mol. The lowest BCUT2D eigenvalue weighted by molar-refractivity contribution is 0.147. The van der Waals surface area contributed by atoms with Crippen molar-refractivity contribution in [3.05, 3.63) is 71.8 Å². The molecule has 9 nitrogen and oxygen atoms in total. The summed E-state index contributed by atoms with van der Waals surface area (Å²) >= 11 is 0. The predicted octanol–water partition coefficient (Wildman–Crippen LogP) is 3.70. The minimum Gasteiger partial charge on any atom is -0.442 e. The standard InChI is InChI=1S/C24H21FN6O3.ClH/c1-26-24(18-11-27-12-19(18)24)21-5-2-14(9-28-21)17-4-3-15(8-20(17)25)31-13-16(34-23(31)32)10-29-22-6-7-33-30-22;/h2-9,16,18-19,27H,10-13H2,(H,29,30);1H/t16-,18-,19+,24?;/m0./s1. The summed E-state index contributed by atoms with van der Waals surface area (Å²) in [4.78, 5) is 22.2. The van der Waals surface area contributed by atoms with Crippen molar-refractivity contribution < 1.29 is 18.4 Å². The Morgan fingerprint density at radius 3 is 2.74 bits per heavy atom. The Labute approximate surface area is 206 Å². The van der Waals surface area contributed by atoms with Crippen molar-refractivity contribution in [1.29, 1.82) is 0 Å². The Bertz CT molecular complexity index is 1270. The van der Waals surface area contributed by atoms with Crippen molar-refractivity contribution in [2.24, 2.45) is 11.8 Å². The van der Waals surface area contributed by atoms with Crippen LogP contribution < -0.4 is 15.5 Å². The lowest BCUT2D eigenvalue weighted by Gasteiger charge is -2.15. The molecule has 0 bridgehead atoms. The molecule has 1 saturated carbocycles.